The van der Waals surface area contributed by atoms with Gasteiger partial charge in [-0.1, -0.05) is 32.0 Å². The SMILES string of the molecule is CC.CN(C)c1cccc(N2C(=N)C(c3nc4ccccc4[nH]3)=C(O)C2(C)C)c1. The number of benzene rings is 2. The second-order valence-electron chi connectivity index (χ2n) is 7.48. The Morgan fingerprint density at radius 3 is 2.41 bits per heavy atom. The summed E-state index contributed by atoms with van der Waals surface area (Å²) < 4.78 is 0. The number of fused-ring (bicyclic) bond motifs is 1. The molecule has 0 saturated heterocycles. The molecule has 2 aromatic carbocycles. The highest BCUT2D eigenvalue weighted by atomic mass is 16.3. The largest absolute Gasteiger partial charge is 0.509 e. The Morgan fingerprint density at radius 2 is 1.76 bits per heavy atom. The van der Waals surface area contributed by atoms with Crippen molar-refractivity contribution in [3.63, 3.8) is 0 Å². The Kier molecular flexibility index (Phi) is 5.38. The van der Waals surface area contributed by atoms with Crippen LogP contribution in [-0.4, -0.2) is 40.5 Å². The second-order valence-corrected chi connectivity index (χ2v) is 7.48. The van der Waals surface area contributed by atoms with Crippen LogP contribution in [0.5, 0.6) is 0 Å². The third-order valence-electron chi connectivity index (χ3n) is 5.07. The van der Waals surface area contributed by atoms with Crippen molar-refractivity contribution in [3.8, 4) is 0 Å². The summed E-state index contributed by atoms with van der Waals surface area (Å²) in [6.07, 6.45) is 0. The smallest absolute Gasteiger partial charge is 0.145 e. The van der Waals surface area contributed by atoms with Crippen LogP contribution >= 0.6 is 0 Å². The molecule has 0 saturated carbocycles. The minimum atomic E-state index is -0.754. The average Bonchev–Trinajstić information content (AvgIpc) is 3.20. The van der Waals surface area contributed by atoms with Gasteiger partial charge in [0.25, 0.3) is 0 Å². The molecule has 0 aliphatic carbocycles. The van der Waals surface area contributed by atoms with Crippen LogP contribution in [0.15, 0.2) is 54.3 Å². The molecule has 1 aliphatic rings. The summed E-state index contributed by atoms with van der Waals surface area (Å²) in [7, 11) is 3.96. The number of amidine groups is 1. The standard InChI is InChI=1S/C21H23N5O.C2H6/c1-21(2)18(27)17(20-23-15-10-5-6-11-16(15)24-20)19(22)26(21)14-9-7-8-13(12-14)25(3)4;1-2/h5-12,22,27H,1-4H3,(H,23,24);1-2H3. The number of H-pyrrole nitrogens is 1. The molecule has 29 heavy (non-hydrogen) atoms. The minimum absolute atomic E-state index is 0.141. The van der Waals surface area contributed by atoms with Crippen LogP contribution < -0.4 is 9.80 Å². The molecule has 6 nitrogen and oxygen atoms in total. The van der Waals surface area contributed by atoms with E-state index >= 15 is 0 Å². The number of aliphatic hydroxyl groups excluding tert-OH is 1. The number of imidazole rings is 1. The first-order valence-corrected chi connectivity index (χ1v) is 9.86. The Morgan fingerprint density at radius 1 is 1.07 bits per heavy atom. The fourth-order valence-electron chi connectivity index (χ4n) is 3.57. The van der Waals surface area contributed by atoms with Crippen molar-refractivity contribution in [1.82, 2.24) is 9.97 Å². The van der Waals surface area contributed by atoms with Gasteiger partial charge in [-0.15, -0.1) is 0 Å². The first kappa shape index (κ1) is 20.5. The molecule has 152 valence electrons. The van der Waals surface area contributed by atoms with Crippen molar-refractivity contribution in [2.24, 2.45) is 0 Å². The Bertz CT molecular complexity index is 1040. The lowest BCUT2D eigenvalue weighted by atomic mass is 10.0. The zero-order chi connectivity index (χ0) is 21.3. The number of hydrogen-bond donors (Lipinski definition) is 3. The van der Waals surface area contributed by atoms with Gasteiger partial charge in [-0.3, -0.25) is 5.41 Å². The van der Waals surface area contributed by atoms with Gasteiger partial charge in [0.2, 0.25) is 0 Å². The lowest BCUT2D eigenvalue weighted by Crippen LogP contribution is -2.43. The van der Waals surface area contributed by atoms with Crippen molar-refractivity contribution >= 4 is 33.8 Å². The molecule has 1 aromatic heterocycles. The number of aromatic amines is 1. The number of hydrogen-bond acceptors (Lipinski definition) is 4. The molecule has 3 N–H and O–H groups in total. The maximum atomic E-state index is 11.0. The Balaban J connectivity index is 0.00000117. The van der Waals surface area contributed by atoms with Crippen LogP contribution in [0.4, 0.5) is 11.4 Å². The quantitative estimate of drug-likeness (QED) is 0.573. The molecular formula is C23H29N5O. The average molecular weight is 392 g/mol. The van der Waals surface area contributed by atoms with E-state index in [-0.39, 0.29) is 11.6 Å². The van der Waals surface area contributed by atoms with E-state index in [4.69, 9.17) is 5.41 Å². The summed E-state index contributed by atoms with van der Waals surface area (Å²) in [6, 6.07) is 15.7. The molecular weight excluding hydrogens is 362 g/mol. The van der Waals surface area contributed by atoms with Crippen LogP contribution in [0.1, 0.15) is 33.5 Å². The predicted octanol–water partition coefficient (Wildman–Crippen LogP) is 5.20. The van der Waals surface area contributed by atoms with Gasteiger partial charge in [-0.25, -0.2) is 4.98 Å². The van der Waals surface area contributed by atoms with Crippen LogP contribution in [0.25, 0.3) is 16.6 Å². The highest BCUT2D eigenvalue weighted by Gasteiger charge is 2.45. The summed E-state index contributed by atoms with van der Waals surface area (Å²) >= 11 is 0. The first-order chi connectivity index (χ1) is 13.8. The van der Waals surface area contributed by atoms with Gasteiger partial charge in [0.15, 0.2) is 0 Å². The Labute approximate surface area is 172 Å². The molecule has 1 aliphatic heterocycles. The molecule has 0 atom stereocenters. The number of nitrogens with one attached hydrogen (secondary N) is 2. The zero-order valence-corrected chi connectivity index (χ0v) is 17.9. The topological polar surface area (TPSA) is 79.2 Å². The third-order valence-corrected chi connectivity index (χ3v) is 5.07. The van der Waals surface area contributed by atoms with Gasteiger partial charge in [0.1, 0.15) is 17.4 Å². The summed E-state index contributed by atoms with van der Waals surface area (Å²) in [5, 5.41) is 19.8. The van der Waals surface area contributed by atoms with Crippen molar-refractivity contribution < 1.29 is 5.11 Å². The minimum Gasteiger partial charge on any atom is -0.509 e. The zero-order valence-electron chi connectivity index (χ0n) is 17.9. The molecule has 0 amide bonds. The molecule has 0 bridgehead atoms. The summed E-state index contributed by atoms with van der Waals surface area (Å²) in [4.78, 5) is 11.7. The van der Waals surface area contributed by atoms with Crippen molar-refractivity contribution in [2.75, 3.05) is 23.9 Å². The predicted molar refractivity (Wildman–Crippen MR) is 122 cm³/mol. The number of nitrogens with zero attached hydrogens (tertiary/aromatic N) is 3. The molecule has 4 rings (SSSR count). The van der Waals surface area contributed by atoms with Crippen LogP contribution in [0.3, 0.4) is 0 Å². The highest BCUT2D eigenvalue weighted by Crippen LogP contribution is 2.42. The van der Waals surface area contributed by atoms with Crippen LogP contribution in [-0.2, 0) is 0 Å². The normalized spacial score (nSPS) is 15.5. The monoisotopic (exact) mass is 391 g/mol. The van der Waals surface area contributed by atoms with E-state index in [0.717, 1.165) is 22.4 Å². The highest BCUT2D eigenvalue weighted by molar-refractivity contribution is 6.31. The van der Waals surface area contributed by atoms with Crippen molar-refractivity contribution in [1.29, 1.82) is 5.41 Å². The van der Waals surface area contributed by atoms with E-state index in [1.165, 1.54) is 0 Å². The summed E-state index contributed by atoms with van der Waals surface area (Å²) in [5.74, 6) is 0.882. The summed E-state index contributed by atoms with van der Waals surface area (Å²) in [5.41, 5.74) is 3.27. The van der Waals surface area contributed by atoms with E-state index in [9.17, 15) is 5.11 Å². The van der Waals surface area contributed by atoms with Gasteiger partial charge in [0, 0.05) is 25.5 Å². The number of aliphatic hydroxyl groups is 1. The summed E-state index contributed by atoms with van der Waals surface area (Å²) in [6.45, 7) is 7.82. The number of aromatic nitrogens is 2. The van der Waals surface area contributed by atoms with E-state index < -0.39 is 5.54 Å². The lowest BCUT2D eigenvalue weighted by Gasteiger charge is -2.34. The second kappa shape index (κ2) is 7.62. The molecule has 0 spiro atoms. The third kappa shape index (κ3) is 3.35. The molecule has 2 heterocycles. The molecule has 3 aromatic rings. The maximum Gasteiger partial charge on any atom is 0.145 e. The number of rotatable bonds is 3. The van der Waals surface area contributed by atoms with Gasteiger partial charge >= 0.3 is 0 Å². The Hall–Kier alpha value is -3.28. The molecule has 0 unspecified atom stereocenters. The van der Waals surface area contributed by atoms with Crippen LogP contribution in [0.2, 0.25) is 0 Å². The van der Waals surface area contributed by atoms with E-state index in [1.807, 2.05) is 100 Å². The van der Waals surface area contributed by atoms with Crippen LogP contribution in [0, 0.1) is 5.41 Å². The fraction of sp³-hybridized carbons (Fsp3) is 0.304. The van der Waals surface area contributed by atoms with Gasteiger partial charge in [0.05, 0.1) is 22.1 Å². The number of anilines is 2. The first-order valence-electron chi connectivity index (χ1n) is 9.86. The van der Waals surface area contributed by atoms with Gasteiger partial charge in [-0.2, -0.15) is 0 Å². The fourth-order valence-corrected chi connectivity index (χ4v) is 3.57. The molecule has 6 heteroatoms. The van der Waals surface area contributed by atoms with E-state index in [0.29, 0.717) is 11.4 Å². The maximum absolute atomic E-state index is 11.0. The van der Waals surface area contributed by atoms with Gasteiger partial charge in [-0.05, 0) is 44.2 Å². The number of para-hydroxylation sites is 2. The van der Waals surface area contributed by atoms with Crippen molar-refractivity contribution in [2.45, 2.75) is 33.2 Å². The molecule has 0 radical (unpaired) electrons. The van der Waals surface area contributed by atoms with E-state index in [2.05, 4.69) is 9.97 Å². The van der Waals surface area contributed by atoms with E-state index in [1.54, 1.807) is 0 Å². The lowest BCUT2D eigenvalue weighted by molar-refractivity contribution is 0.334. The molecule has 0 fully saturated rings. The van der Waals surface area contributed by atoms with Gasteiger partial charge < -0.3 is 19.9 Å². The van der Waals surface area contributed by atoms with Crippen molar-refractivity contribution in [3.05, 3.63) is 60.1 Å².